The first-order chi connectivity index (χ1) is 9.28. The smallest absolute Gasteiger partial charge is 0.224 e. The number of amides is 1. The second-order valence-corrected chi connectivity index (χ2v) is 4.04. The minimum absolute atomic E-state index is 0.00736. The number of hydrogen-bond acceptors (Lipinski definition) is 4. The number of aromatic nitrogens is 2. The molecule has 2 rings (SSSR count). The third-order valence-electron chi connectivity index (χ3n) is 2.58. The number of benzene rings is 1. The van der Waals surface area contributed by atoms with E-state index in [1.165, 1.54) is 6.33 Å². The summed E-state index contributed by atoms with van der Waals surface area (Å²) in [6.07, 6.45) is 3.70. The van der Waals surface area contributed by atoms with Gasteiger partial charge < -0.3 is 10.6 Å². The van der Waals surface area contributed by atoms with Gasteiger partial charge in [0.25, 0.3) is 0 Å². The Morgan fingerprint density at radius 2 is 2.11 bits per heavy atom. The third kappa shape index (κ3) is 4.06. The van der Waals surface area contributed by atoms with Gasteiger partial charge in [0.05, 0.1) is 12.2 Å². The van der Waals surface area contributed by atoms with Crippen LogP contribution in [0.15, 0.2) is 42.9 Å². The predicted octanol–water partition coefficient (Wildman–Crippen LogP) is 2.44. The van der Waals surface area contributed by atoms with Gasteiger partial charge in [0.1, 0.15) is 6.33 Å². The Morgan fingerprint density at radius 3 is 2.84 bits per heavy atom. The van der Waals surface area contributed by atoms with Crippen LogP contribution < -0.4 is 10.6 Å². The highest BCUT2D eigenvalue weighted by Gasteiger charge is 2.00. The van der Waals surface area contributed by atoms with Crippen LogP contribution in [0.4, 0.5) is 11.4 Å². The Balaban J connectivity index is 1.97. The van der Waals surface area contributed by atoms with E-state index in [9.17, 15) is 4.79 Å². The van der Waals surface area contributed by atoms with Crippen LogP contribution in [0.25, 0.3) is 0 Å². The third-order valence-corrected chi connectivity index (χ3v) is 2.58. The van der Waals surface area contributed by atoms with Gasteiger partial charge in [-0.2, -0.15) is 0 Å². The molecule has 5 nitrogen and oxygen atoms in total. The molecule has 0 unspecified atom stereocenters. The second-order valence-electron chi connectivity index (χ2n) is 4.04. The lowest BCUT2D eigenvalue weighted by Gasteiger charge is -2.08. The lowest BCUT2D eigenvalue weighted by Crippen LogP contribution is -2.09. The van der Waals surface area contributed by atoms with Gasteiger partial charge in [-0.15, -0.1) is 0 Å². The van der Waals surface area contributed by atoms with E-state index >= 15 is 0 Å². The molecule has 0 atom stereocenters. The highest BCUT2D eigenvalue weighted by Crippen LogP contribution is 2.15. The minimum Gasteiger partial charge on any atom is -0.379 e. The molecule has 1 aromatic heterocycles. The largest absolute Gasteiger partial charge is 0.379 e. The van der Waals surface area contributed by atoms with E-state index in [1.807, 2.05) is 37.3 Å². The zero-order valence-electron chi connectivity index (χ0n) is 10.8. The first kappa shape index (κ1) is 13.0. The molecule has 19 heavy (non-hydrogen) atoms. The SMILES string of the molecule is CCC(=O)Nc1cccc(NCc2ccncn2)c1. The average Bonchev–Trinajstić information content (AvgIpc) is 2.46. The molecule has 0 aliphatic carbocycles. The number of nitrogens with one attached hydrogen (secondary N) is 2. The van der Waals surface area contributed by atoms with E-state index in [0.29, 0.717) is 13.0 Å². The number of carbonyl (C=O) groups excluding carboxylic acids is 1. The topological polar surface area (TPSA) is 66.9 Å². The molecule has 0 radical (unpaired) electrons. The summed E-state index contributed by atoms with van der Waals surface area (Å²) in [7, 11) is 0. The molecule has 0 spiro atoms. The molecule has 0 bridgehead atoms. The molecular formula is C14H16N4O. The lowest BCUT2D eigenvalue weighted by molar-refractivity contribution is -0.115. The van der Waals surface area contributed by atoms with Gasteiger partial charge in [0.15, 0.2) is 0 Å². The monoisotopic (exact) mass is 256 g/mol. The molecule has 2 aromatic rings. The van der Waals surface area contributed by atoms with E-state index in [4.69, 9.17) is 0 Å². The molecule has 5 heteroatoms. The first-order valence-corrected chi connectivity index (χ1v) is 6.16. The molecule has 1 aromatic carbocycles. The van der Waals surface area contributed by atoms with Crippen LogP contribution in [-0.2, 0) is 11.3 Å². The maximum atomic E-state index is 11.3. The van der Waals surface area contributed by atoms with E-state index in [0.717, 1.165) is 17.1 Å². The van der Waals surface area contributed by atoms with Gasteiger partial charge in [-0.05, 0) is 24.3 Å². The van der Waals surface area contributed by atoms with E-state index < -0.39 is 0 Å². The van der Waals surface area contributed by atoms with Crippen LogP contribution in [-0.4, -0.2) is 15.9 Å². The fourth-order valence-electron chi connectivity index (χ4n) is 1.57. The zero-order valence-corrected chi connectivity index (χ0v) is 10.8. The van der Waals surface area contributed by atoms with Crippen molar-refractivity contribution >= 4 is 17.3 Å². The van der Waals surface area contributed by atoms with Crippen LogP contribution in [0.1, 0.15) is 19.0 Å². The average molecular weight is 256 g/mol. The normalized spacial score (nSPS) is 9.95. The van der Waals surface area contributed by atoms with Gasteiger partial charge in [-0.3, -0.25) is 4.79 Å². The van der Waals surface area contributed by atoms with E-state index in [-0.39, 0.29) is 5.91 Å². The number of nitrogens with zero attached hydrogens (tertiary/aromatic N) is 2. The molecule has 0 aliphatic rings. The molecule has 0 aliphatic heterocycles. The Kier molecular flexibility index (Phi) is 4.44. The molecule has 2 N–H and O–H groups in total. The fraction of sp³-hybridized carbons (Fsp3) is 0.214. The first-order valence-electron chi connectivity index (χ1n) is 6.16. The Bertz CT molecular complexity index is 542. The summed E-state index contributed by atoms with van der Waals surface area (Å²) in [4.78, 5) is 19.3. The Morgan fingerprint density at radius 1 is 1.26 bits per heavy atom. The van der Waals surface area contributed by atoms with Crippen molar-refractivity contribution in [2.24, 2.45) is 0 Å². The van der Waals surface area contributed by atoms with Crippen LogP contribution in [0, 0.1) is 0 Å². The van der Waals surface area contributed by atoms with E-state index in [1.54, 1.807) is 6.20 Å². The molecule has 1 heterocycles. The number of hydrogen-bond donors (Lipinski definition) is 2. The number of carbonyl (C=O) groups is 1. The maximum absolute atomic E-state index is 11.3. The van der Waals surface area contributed by atoms with Crippen LogP contribution in [0.5, 0.6) is 0 Å². The summed E-state index contributed by atoms with van der Waals surface area (Å²) in [6.45, 7) is 2.44. The lowest BCUT2D eigenvalue weighted by atomic mass is 10.2. The molecule has 1 amide bonds. The van der Waals surface area contributed by atoms with Gasteiger partial charge in [-0.25, -0.2) is 9.97 Å². The van der Waals surface area contributed by atoms with Gasteiger partial charge >= 0.3 is 0 Å². The van der Waals surface area contributed by atoms with Crippen LogP contribution in [0.2, 0.25) is 0 Å². The molecule has 0 saturated carbocycles. The van der Waals surface area contributed by atoms with Crippen molar-refractivity contribution in [3.05, 3.63) is 48.5 Å². The van der Waals surface area contributed by atoms with Crippen molar-refractivity contribution in [1.82, 2.24) is 9.97 Å². The van der Waals surface area contributed by atoms with Crippen molar-refractivity contribution in [3.8, 4) is 0 Å². The molecular weight excluding hydrogens is 240 g/mol. The van der Waals surface area contributed by atoms with Crippen molar-refractivity contribution in [2.75, 3.05) is 10.6 Å². The van der Waals surface area contributed by atoms with Crippen molar-refractivity contribution in [2.45, 2.75) is 19.9 Å². The Hall–Kier alpha value is -2.43. The van der Waals surface area contributed by atoms with Gasteiger partial charge in [0, 0.05) is 24.0 Å². The van der Waals surface area contributed by atoms with Crippen LogP contribution in [0.3, 0.4) is 0 Å². The highest BCUT2D eigenvalue weighted by molar-refractivity contribution is 5.90. The summed E-state index contributed by atoms with van der Waals surface area (Å²) in [5.74, 6) is 0.00736. The fourth-order valence-corrected chi connectivity index (χ4v) is 1.57. The summed E-state index contributed by atoms with van der Waals surface area (Å²) < 4.78 is 0. The summed E-state index contributed by atoms with van der Waals surface area (Å²) >= 11 is 0. The molecule has 98 valence electrons. The highest BCUT2D eigenvalue weighted by atomic mass is 16.1. The van der Waals surface area contributed by atoms with E-state index in [2.05, 4.69) is 20.6 Å². The number of anilines is 2. The minimum atomic E-state index is 0.00736. The van der Waals surface area contributed by atoms with Crippen LogP contribution >= 0.6 is 0 Å². The molecule has 0 saturated heterocycles. The number of rotatable bonds is 5. The molecule has 0 fully saturated rings. The maximum Gasteiger partial charge on any atom is 0.224 e. The standard InChI is InChI=1S/C14H16N4O/c1-2-14(19)18-12-5-3-4-11(8-12)16-9-13-6-7-15-10-17-13/h3-8,10,16H,2,9H2,1H3,(H,18,19). The van der Waals surface area contributed by atoms with Crippen molar-refractivity contribution < 1.29 is 4.79 Å². The quantitative estimate of drug-likeness (QED) is 0.862. The summed E-state index contributed by atoms with van der Waals surface area (Å²) in [6, 6.07) is 9.46. The van der Waals surface area contributed by atoms with Gasteiger partial charge in [0.2, 0.25) is 5.91 Å². The summed E-state index contributed by atoms with van der Waals surface area (Å²) in [5, 5.41) is 6.08. The zero-order chi connectivity index (χ0) is 13.5. The van der Waals surface area contributed by atoms with Crippen molar-refractivity contribution in [1.29, 1.82) is 0 Å². The second kappa shape index (κ2) is 6.49. The predicted molar refractivity (Wildman–Crippen MR) is 74.7 cm³/mol. The summed E-state index contributed by atoms with van der Waals surface area (Å²) in [5.41, 5.74) is 2.64. The van der Waals surface area contributed by atoms with Crippen molar-refractivity contribution in [3.63, 3.8) is 0 Å². The van der Waals surface area contributed by atoms with Gasteiger partial charge in [-0.1, -0.05) is 13.0 Å². The Labute approximate surface area is 112 Å².